The van der Waals surface area contributed by atoms with Crippen molar-refractivity contribution in [2.75, 3.05) is 33.2 Å². The smallest absolute Gasteiger partial charge is 0.253 e. The lowest BCUT2D eigenvalue weighted by molar-refractivity contribution is -0.136. The van der Waals surface area contributed by atoms with Gasteiger partial charge < -0.3 is 14.7 Å². The first-order valence-electron chi connectivity index (χ1n) is 13.0. The van der Waals surface area contributed by atoms with Crippen LogP contribution in [0.2, 0.25) is 10.0 Å². The molecule has 1 aliphatic rings. The Morgan fingerprint density at radius 1 is 1.03 bits per heavy atom. The normalized spacial score (nSPS) is 15.6. The standard InChI is InChI=1S/C29H39Cl2N3O2/c1-5-28(35)34(21(2)3)25-14-17-33(18-15-25)16-13-24(23-11-12-26(30)27(31)19-23)20-32(4)29(36)22-9-7-6-8-10-22/h6-12,19,21,24-25H,5,13-18,20H2,1-4H3/t24-/m1/s1. The van der Waals surface area contributed by atoms with Crippen LogP contribution in [0.5, 0.6) is 0 Å². The maximum Gasteiger partial charge on any atom is 0.253 e. The number of carbonyl (C=O) groups is 2. The Balaban J connectivity index is 1.65. The Morgan fingerprint density at radius 3 is 2.28 bits per heavy atom. The largest absolute Gasteiger partial charge is 0.341 e. The molecule has 2 aromatic carbocycles. The van der Waals surface area contributed by atoms with Crippen LogP contribution in [0.1, 0.15) is 68.3 Å². The van der Waals surface area contributed by atoms with E-state index >= 15 is 0 Å². The minimum absolute atomic E-state index is 0.0100. The Labute approximate surface area is 226 Å². The first-order chi connectivity index (χ1) is 17.2. The summed E-state index contributed by atoms with van der Waals surface area (Å²) in [5, 5.41) is 1.07. The van der Waals surface area contributed by atoms with E-state index in [1.165, 1.54) is 0 Å². The summed E-state index contributed by atoms with van der Waals surface area (Å²) in [6.07, 6.45) is 3.44. The monoisotopic (exact) mass is 531 g/mol. The molecule has 7 heteroatoms. The minimum atomic E-state index is 0.0100. The van der Waals surface area contributed by atoms with E-state index in [4.69, 9.17) is 23.2 Å². The number of piperidine rings is 1. The number of carbonyl (C=O) groups excluding carboxylic acids is 2. The third kappa shape index (κ3) is 7.47. The number of nitrogens with zero attached hydrogens (tertiary/aromatic N) is 3. The predicted molar refractivity (Wildman–Crippen MR) is 149 cm³/mol. The molecule has 2 aromatic rings. The molecule has 0 N–H and O–H groups in total. The molecule has 3 rings (SSSR count). The fourth-order valence-electron chi connectivity index (χ4n) is 5.20. The topological polar surface area (TPSA) is 43.9 Å². The second kappa shape index (κ2) is 13.5. The van der Waals surface area contributed by atoms with Crippen LogP contribution in [0.3, 0.4) is 0 Å². The summed E-state index contributed by atoms with van der Waals surface area (Å²) in [7, 11) is 1.86. The fourth-order valence-corrected chi connectivity index (χ4v) is 5.51. The van der Waals surface area contributed by atoms with Crippen molar-refractivity contribution in [3.63, 3.8) is 0 Å². The summed E-state index contributed by atoms with van der Waals surface area (Å²) in [6, 6.07) is 15.7. The average molecular weight is 533 g/mol. The highest BCUT2D eigenvalue weighted by molar-refractivity contribution is 6.42. The SMILES string of the molecule is CCC(=O)N(C(C)C)C1CCN(CC[C@H](CN(C)C(=O)c2ccccc2)c2ccc(Cl)c(Cl)c2)CC1. The van der Waals surface area contributed by atoms with E-state index in [2.05, 4.69) is 23.6 Å². The second-order valence-corrected chi connectivity index (χ2v) is 10.8. The zero-order valence-corrected chi connectivity index (χ0v) is 23.4. The molecule has 5 nitrogen and oxygen atoms in total. The molecule has 36 heavy (non-hydrogen) atoms. The lowest BCUT2D eigenvalue weighted by Crippen LogP contribution is -2.50. The molecular weight excluding hydrogens is 493 g/mol. The molecule has 0 radical (unpaired) electrons. The van der Waals surface area contributed by atoms with Gasteiger partial charge in [0, 0.05) is 56.7 Å². The van der Waals surface area contributed by atoms with Gasteiger partial charge in [-0.1, -0.05) is 54.4 Å². The number of hydrogen-bond acceptors (Lipinski definition) is 3. The number of halogens is 2. The van der Waals surface area contributed by atoms with Crippen molar-refractivity contribution in [2.24, 2.45) is 0 Å². The lowest BCUT2D eigenvalue weighted by Gasteiger charge is -2.41. The molecule has 2 amide bonds. The van der Waals surface area contributed by atoms with Crippen LogP contribution in [0.4, 0.5) is 0 Å². The molecule has 0 aromatic heterocycles. The van der Waals surface area contributed by atoms with Gasteiger partial charge in [-0.05, 0) is 69.5 Å². The zero-order chi connectivity index (χ0) is 26.2. The van der Waals surface area contributed by atoms with Crippen molar-refractivity contribution >= 4 is 35.0 Å². The molecule has 196 valence electrons. The maximum atomic E-state index is 13.0. The highest BCUT2D eigenvalue weighted by Crippen LogP contribution is 2.30. The molecular formula is C29H39Cl2N3O2. The zero-order valence-electron chi connectivity index (χ0n) is 21.9. The predicted octanol–water partition coefficient (Wildman–Crippen LogP) is 6.35. The Morgan fingerprint density at radius 2 is 1.69 bits per heavy atom. The van der Waals surface area contributed by atoms with Crippen molar-refractivity contribution in [3.05, 3.63) is 69.7 Å². The first-order valence-corrected chi connectivity index (χ1v) is 13.8. The van der Waals surface area contributed by atoms with E-state index in [0.717, 1.165) is 44.5 Å². The fraction of sp³-hybridized carbons (Fsp3) is 0.517. The highest BCUT2D eigenvalue weighted by atomic mass is 35.5. The molecule has 1 heterocycles. The molecule has 1 aliphatic heterocycles. The number of hydrogen-bond donors (Lipinski definition) is 0. The third-order valence-corrected chi connectivity index (χ3v) is 7.91. The van der Waals surface area contributed by atoms with Gasteiger partial charge >= 0.3 is 0 Å². The van der Waals surface area contributed by atoms with E-state index in [9.17, 15) is 9.59 Å². The van der Waals surface area contributed by atoms with Crippen molar-refractivity contribution in [2.45, 2.75) is 64.5 Å². The Kier molecular flexibility index (Phi) is 10.7. The van der Waals surface area contributed by atoms with Crippen molar-refractivity contribution in [1.82, 2.24) is 14.7 Å². The quantitative estimate of drug-likeness (QED) is 0.358. The molecule has 0 bridgehead atoms. The summed E-state index contributed by atoms with van der Waals surface area (Å²) in [5.74, 6) is 0.383. The van der Waals surface area contributed by atoms with Crippen molar-refractivity contribution < 1.29 is 9.59 Å². The minimum Gasteiger partial charge on any atom is -0.341 e. The Hall–Kier alpha value is -2.08. The van der Waals surface area contributed by atoms with Gasteiger partial charge in [-0.2, -0.15) is 0 Å². The van der Waals surface area contributed by atoms with Crippen molar-refractivity contribution in [3.8, 4) is 0 Å². The molecule has 0 aliphatic carbocycles. The number of amides is 2. The lowest BCUT2D eigenvalue weighted by atomic mass is 9.93. The van der Waals surface area contributed by atoms with Crippen LogP contribution in [-0.2, 0) is 4.79 Å². The molecule has 1 fully saturated rings. The van der Waals surface area contributed by atoms with Crippen LogP contribution in [0, 0.1) is 0 Å². The van der Waals surface area contributed by atoms with Crippen LogP contribution in [0.15, 0.2) is 48.5 Å². The van der Waals surface area contributed by atoms with Gasteiger partial charge in [-0.25, -0.2) is 0 Å². The van der Waals surface area contributed by atoms with Crippen LogP contribution in [0.25, 0.3) is 0 Å². The Bertz CT molecular complexity index is 1010. The summed E-state index contributed by atoms with van der Waals surface area (Å²) < 4.78 is 0. The molecule has 1 atom stereocenters. The van der Waals surface area contributed by atoms with Gasteiger partial charge in [0.15, 0.2) is 0 Å². The summed E-state index contributed by atoms with van der Waals surface area (Å²) in [5.41, 5.74) is 1.78. The number of likely N-dealkylation sites (N-methyl/N-ethyl adjacent to an activating group) is 1. The molecule has 0 unspecified atom stereocenters. The van der Waals surface area contributed by atoms with E-state index in [0.29, 0.717) is 34.6 Å². The first kappa shape index (κ1) is 28.5. The van der Waals surface area contributed by atoms with Crippen LogP contribution in [-0.4, -0.2) is 71.8 Å². The summed E-state index contributed by atoms with van der Waals surface area (Å²) in [4.78, 5) is 31.8. The van der Waals surface area contributed by atoms with Crippen molar-refractivity contribution in [1.29, 1.82) is 0 Å². The van der Waals surface area contributed by atoms with Gasteiger partial charge in [0.25, 0.3) is 5.91 Å². The van der Waals surface area contributed by atoms with E-state index < -0.39 is 0 Å². The molecule has 0 spiro atoms. The number of likely N-dealkylation sites (tertiary alicyclic amines) is 1. The average Bonchev–Trinajstić information content (AvgIpc) is 2.88. The van der Waals surface area contributed by atoms with Crippen LogP contribution < -0.4 is 0 Å². The number of rotatable bonds is 10. The second-order valence-electron chi connectivity index (χ2n) is 10.0. The van der Waals surface area contributed by atoms with Gasteiger partial charge in [0.2, 0.25) is 5.91 Å². The van der Waals surface area contributed by atoms with Gasteiger partial charge in [0.1, 0.15) is 0 Å². The summed E-state index contributed by atoms with van der Waals surface area (Å²) in [6.45, 7) is 9.61. The number of benzene rings is 2. The molecule has 0 saturated carbocycles. The van der Waals surface area contributed by atoms with Gasteiger partial charge in [-0.15, -0.1) is 0 Å². The van der Waals surface area contributed by atoms with Crippen LogP contribution >= 0.6 is 23.2 Å². The van der Waals surface area contributed by atoms with E-state index in [-0.39, 0.29) is 23.8 Å². The van der Waals surface area contributed by atoms with E-state index in [1.54, 1.807) is 4.90 Å². The summed E-state index contributed by atoms with van der Waals surface area (Å²) >= 11 is 12.5. The van der Waals surface area contributed by atoms with Gasteiger partial charge in [-0.3, -0.25) is 9.59 Å². The van der Waals surface area contributed by atoms with E-state index in [1.807, 2.05) is 62.5 Å². The maximum absolute atomic E-state index is 13.0. The van der Waals surface area contributed by atoms with Gasteiger partial charge in [0.05, 0.1) is 10.0 Å². The molecule has 1 saturated heterocycles. The highest BCUT2D eigenvalue weighted by Gasteiger charge is 2.29. The third-order valence-electron chi connectivity index (χ3n) is 7.17.